The third-order valence-corrected chi connectivity index (χ3v) is 2.64. The average molecular weight is 286 g/mol. The van der Waals surface area contributed by atoms with Gasteiger partial charge in [-0.25, -0.2) is 0 Å². The van der Waals surface area contributed by atoms with E-state index in [1.165, 1.54) is 0 Å². The van der Waals surface area contributed by atoms with Crippen molar-refractivity contribution in [3.63, 3.8) is 0 Å². The molecule has 0 aromatic heterocycles. The summed E-state index contributed by atoms with van der Waals surface area (Å²) in [6, 6.07) is 5.99. The first-order valence-electron chi connectivity index (χ1n) is 5.01. The molecule has 0 atom stereocenters. The molecule has 0 bridgehead atoms. The molecule has 1 aromatic rings. The lowest BCUT2D eigenvalue weighted by Crippen LogP contribution is -2.23. The highest BCUT2D eigenvalue weighted by molar-refractivity contribution is 9.10. The second kappa shape index (κ2) is 6.37. The topological polar surface area (TPSA) is 73.6 Å². The van der Waals surface area contributed by atoms with E-state index in [0.29, 0.717) is 6.54 Å². The Labute approximate surface area is 104 Å². The highest BCUT2D eigenvalue weighted by Gasteiger charge is 2.02. The summed E-state index contributed by atoms with van der Waals surface area (Å²) in [5.41, 5.74) is 11.7. The monoisotopic (exact) mass is 285 g/mol. The molecule has 0 aliphatic carbocycles. The van der Waals surface area contributed by atoms with E-state index >= 15 is 0 Å². The van der Waals surface area contributed by atoms with Gasteiger partial charge in [0.25, 0.3) is 0 Å². The number of nitrogens with zero attached hydrogens (tertiary/aromatic N) is 1. The normalized spacial score (nSPS) is 9.88. The average Bonchev–Trinajstić information content (AvgIpc) is 2.25. The number of ether oxygens (including phenoxy) is 1. The Morgan fingerprint density at radius 3 is 2.81 bits per heavy atom. The van der Waals surface area contributed by atoms with Gasteiger partial charge in [0.2, 0.25) is 0 Å². The molecule has 0 fully saturated rings. The van der Waals surface area contributed by atoms with Crippen LogP contribution in [-0.2, 0) is 6.42 Å². The van der Waals surface area contributed by atoms with Crippen LogP contribution in [0.25, 0.3) is 0 Å². The summed E-state index contributed by atoms with van der Waals surface area (Å²) < 4.78 is 6.30. The first-order valence-corrected chi connectivity index (χ1v) is 5.80. The molecule has 0 amide bonds. The maximum Gasteiger partial charge on any atom is 0.185 e. The van der Waals surface area contributed by atoms with E-state index < -0.39 is 0 Å². The summed E-state index contributed by atoms with van der Waals surface area (Å²) in [5.74, 6) is 1.03. The number of halogens is 1. The van der Waals surface area contributed by atoms with Crippen molar-refractivity contribution in [1.82, 2.24) is 0 Å². The zero-order valence-corrected chi connectivity index (χ0v) is 10.8. The number of hydrogen-bond donors (Lipinski definition) is 2. The van der Waals surface area contributed by atoms with Crippen molar-refractivity contribution in [3.05, 3.63) is 28.2 Å². The van der Waals surface area contributed by atoms with Crippen LogP contribution in [0.2, 0.25) is 0 Å². The van der Waals surface area contributed by atoms with Gasteiger partial charge in [0.05, 0.1) is 7.11 Å². The third kappa shape index (κ3) is 4.10. The Balaban J connectivity index is 2.56. The van der Waals surface area contributed by atoms with Crippen LogP contribution >= 0.6 is 15.9 Å². The zero-order valence-electron chi connectivity index (χ0n) is 9.24. The molecule has 1 rings (SSSR count). The summed E-state index contributed by atoms with van der Waals surface area (Å²) in [6.45, 7) is 0.640. The summed E-state index contributed by atoms with van der Waals surface area (Å²) in [6.07, 6.45) is 1.79. The molecular formula is C11H16BrN3O. The predicted octanol–water partition coefficient (Wildman–Crippen LogP) is 1.66. The lowest BCUT2D eigenvalue weighted by molar-refractivity contribution is 0.409. The molecule has 88 valence electrons. The Hall–Kier alpha value is -1.23. The lowest BCUT2D eigenvalue weighted by atomic mass is 10.1. The minimum absolute atomic E-state index is 0.141. The first kappa shape index (κ1) is 12.8. The van der Waals surface area contributed by atoms with Gasteiger partial charge < -0.3 is 16.2 Å². The Bertz CT molecular complexity index is 375. The number of aliphatic imine (C=N–C) groups is 1. The number of aryl methyl sites for hydroxylation is 1. The summed E-state index contributed by atoms with van der Waals surface area (Å²) >= 11 is 3.40. The molecule has 0 spiro atoms. The van der Waals surface area contributed by atoms with Gasteiger partial charge in [-0.1, -0.05) is 22.0 Å². The van der Waals surface area contributed by atoms with E-state index in [9.17, 15) is 0 Å². The van der Waals surface area contributed by atoms with Gasteiger partial charge in [-0.05, 0) is 30.5 Å². The number of hydrogen-bond acceptors (Lipinski definition) is 2. The van der Waals surface area contributed by atoms with Crippen molar-refractivity contribution in [2.24, 2.45) is 16.5 Å². The largest absolute Gasteiger partial charge is 0.496 e. The fourth-order valence-electron chi connectivity index (χ4n) is 1.40. The maximum atomic E-state index is 5.29. The molecule has 5 heteroatoms. The lowest BCUT2D eigenvalue weighted by Gasteiger charge is -2.08. The molecule has 16 heavy (non-hydrogen) atoms. The van der Waals surface area contributed by atoms with Crippen LogP contribution in [0, 0.1) is 0 Å². The fraction of sp³-hybridized carbons (Fsp3) is 0.364. The number of nitrogens with two attached hydrogens (primary N) is 2. The minimum atomic E-state index is 0.141. The molecular weight excluding hydrogens is 270 g/mol. The van der Waals surface area contributed by atoms with Crippen LogP contribution in [0.1, 0.15) is 12.0 Å². The second-order valence-corrected chi connectivity index (χ2v) is 4.28. The predicted molar refractivity (Wildman–Crippen MR) is 69.7 cm³/mol. The van der Waals surface area contributed by atoms with E-state index in [1.807, 2.05) is 18.2 Å². The smallest absolute Gasteiger partial charge is 0.185 e. The molecule has 0 unspecified atom stereocenters. The first-order chi connectivity index (χ1) is 7.63. The Morgan fingerprint density at radius 1 is 1.44 bits per heavy atom. The standard InChI is InChI=1S/C11H16BrN3O/c1-16-10-7-9(12)5-4-8(10)3-2-6-15-11(13)14/h4-5,7H,2-3,6H2,1H3,(H4,13,14,15). The number of methoxy groups -OCH3 is 1. The van der Waals surface area contributed by atoms with Crippen LogP contribution < -0.4 is 16.2 Å². The van der Waals surface area contributed by atoms with E-state index in [1.54, 1.807) is 7.11 Å². The van der Waals surface area contributed by atoms with Gasteiger partial charge in [0.15, 0.2) is 5.96 Å². The summed E-state index contributed by atoms with van der Waals surface area (Å²) in [5, 5.41) is 0. The van der Waals surface area contributed by atoms with Gasteiger partial charge in [0, 0.05) is 11.0 Å². The molecule has 0 heterocycles. The van der Waals surface area contributed by atoms with Gasteiger partial charge in [-0.15, -0.1) is 0 Å². The molecule has 0 aliphatic heterocycles. The second-order valence-electron chi connectivity index (χ2n) is 3.37. The SMILES string of the molecule is COc1cc(Br)ccc1CCCN=C(N)N. The van der Waals surface area contributed by atoms with E-state index in [-0.39, 0.29) is 5.96 Å². The molecule has 0 aliphatic rings. The van der Waals surface area contributed by atoms with E-state index in [4.69, 9.17) is 16.2 Å². The number of guanidine groups is 1. The van der Waals surface area contributed by atoms with Crippen LogP contribution in [0.5, 0.6) is 5.75 Å². The van der Waals surface area contributed by atoms with E-state index in [0.717, 1.165) is 28.6 Å². The van der Waals surface area contributed by atoms with Gasteiger partial charge in [-0.2, -0.15) is 0 Å². The van der Waals surface area contributed by atoms with Crippen molar-refractivity contribution >= 4 is 21.9 Å². The molecule has 4 nitrogen and oxygen atoms in total. The summed E-state index contributed by atoms with van der Waals surface area (Å²) in [7, 11) is 1.67. The highest BCUT2D eigenvalue weighted by atomic mass is 79.9. The van der Waals surface area contributed by atoms with Crippen LogP contribution in [-0.4, -0.2) is 19.6 Å². The van der Waals surface area contributed by atoms with Gasteiger partial charge >= 0.3 is 0 Å². The molecule has 0 saturated heterocycles. The molecule has 0 saturated carbocycles. The quantitative estimate of drug-likeness (QED) is 0.491. The molecule has 1 aromatic carbocycles. The van der Waals surface area contributed by atoms with Gasteiger partial charge in [0.1, 0.15) is 5.75 Å². The van der Waals surface area contributed by atoms with Crippen LogP contribution in [0.15, 0.2) is 27.7 Å². The van der Waals surface area contributed by atoms with Crippen molar-refractivity contribution in [1.29, 1.82) is 0 Å². The van der Waals surface area contributed by atoms with Crippen molar-refractivity contribution in [3.8, 4) is 5.75 Å². The van der Waals surface area contributed by atoms with Gasteiger partial charge in [-0.3, -0.25) is 4.99 Å². The zero-order chi connectivity index (χ0) is 12.0. The fourth-order valence-corrected chi connectivity index (χ4v) is 1.74. The van der Waals surface area contributed by atoms with Crippen molar-refractivity contribution < 1.29 is 4.74 Å². The number of benzene rings is 1. The number of rotatable bonds is 5. The van der Waals surface area contributed by atoms with Crippen LogP contribution in [0.4, 0.5) is 0 Å². The third-order valence-electron chi connectivity index (χ3n) is 2.15. The van der Waals surface area contributed by atoms with Crippen molar-refractivity contribution in [2.45, 2.75) is 12.8 Å². The van der Waals surface area contributed by atoms with Crippen molar-refractivity contribution in [2.75, 3.05) is 13.7 Å². The Kier molecular flexibility index (Phi) is 5.11. The molecule has 0 radical (unpaired) electrons. The van der Waals surface area contributed by atoms with E-state index in [2.05, 4.69) is 20.9 Å². The Morgan fingerprint density at radius 2 is 2.19 bits per heavy atom. The minimum Gasteiger partial charge on any atom is -0.496 e. The molecule has 4 N–H and O–H groups in total. The maximum absolute atomic E-state index is 5.29. The highest BCUT2D eigenvalue weighted by Crippen LogP contribution is 2.24. The van der Waals surface area contributed by atoms with Crippen LogP contribution in [0.3, 0.4) is 0 Å². The summed E-state index contributed by atoms with van der Waals surface area (Å²) in [4.78, 5) is 3.93.